The number of nitrogens with two attached hydrogens (primary N) is 1. The molecule has 0 saturated carbocycles. The third-order valence-electron chi connectivity index (χ3n) is 4.66. The first-order chi connectivity index (χ1) is 13.1. The molecule has 27 heavy (non-hydrogen) atoms. The summed E-state index contributed by atoms with van der Waals surface area (Å²) in [6.07, 6.45) is 1.24. The Bertz CT molecular complexity index is 826. The summed E-state index contributed by atoms with van der Waals surface area (Å²) in [4.78, 5) is 0. The molecule has 0 aliphatic heterocycles. The lowest BCUT2D eigenvalue weighted by molar-refractivity contribution is 0.115. The Morgan fingerprint density at radius 2 is 1.22 bits per heavy atom. The lowest BCUT2D eigenvalue weighted by Crippen LogP contribution is -2.47. The molecule has 0 saturated heterocycles. The summed E-state index contributed by atoms with van der Waals surface area (Å²) >= 11 is 0. The van der Waals surface area contributed by atoms with Gasteiger partial charge in [-0.05, 0) is 53.8 Å². The Balaban J connectivity index is 1.63. The number of hydrogen-bond acceptors (Lipinski definition) is 4. The highest BCUT2D eigenvalue weighted by Gasteiger charge is 2.22. The Hall–Kier alpha value is -2.66. The topological polar surface area (TPSA) is 75.7 Å². The first-order valence-corrected chi connectivity index (χ1v) is 9.05. The number of ether oxygens (including phenoxy) is 1. The van der Waals surface area contributed by atoms with Crippen LogP contribution >= 0.6 is 0 Å². The largest absolute Gasteiger partial charge is 0.457 e. The highest BCUT2D eigenvalue weighted by Crippen LogP contribution is 2.26. The second kappa shape index (κ2) is 8.82. The summed E-state index contributed by atoms with van der Waals surface area (Å²) in [7, 11) is 0. The molecule has 0 spiro atoms. The minimum atomic E-state index is -0.923. The molecule has 0 aromatic heterocycles. The zero-order chi connectivity index (χ0) is 19.1. The molecule has 0 aliphatic carbocycles. The van der Waals surface area contributed by atoms with Crippen LogP contribution in [0.4, 0.5) is 0 Å². The zero-order valence-corrected chi connectivity index (χ0v) is 15.2. The molecule has 0 atom stereocenters. The molecular formula is C23H25NO3. The standard InChI is InChI=1S/C23H25NO3/c24-23(16-25,17-26)15-14-18-6-8-19(9-7-18)20-10-12-22(13-11-20)27-21-4-2-1-3-5-21/h1-13,25-26H,14-17,24H2. The molecule has 140 valence electrons. The Morgan fingerprint density at radius 1 is 0.704 bits per heavy atom. The van der Waals surface area contributed by atoms with Crippen LogP contribution < -0.4 is 10.5 Å². The van der Waals surface area contributed by atoms with Gasteiger partial charge in [-0.3, -0.25) is 0 Å². The van der Waals surface area contributed by atoms with Crippen molar-refractivity contribution in [3.8, 4) is 22.6 Å². The molecule has 0 fully saturated rings. The van der Waals surface area contributed by atoms with Gasteiger partial charge in [-0.2, -0.15) is 0 Å². The fraction of sp³-hybridized carbons (Fsp3) is 0.217. The van der Waals surface area contributed by atoms with Crippen LogP contribution in [0.25, 0.3) is 11.1 Å². The van der Waals surface area contributed by atoms with E-state index in [9.17, 15) is 10.2 Å². The van der Waals surface area contributed by atoms with Crippen molar-refractivity contribution in [2.24, 2.45) is 5.73 Å². The van der Waals surface area contributed by atoms with Gasteiger partial charge in [0.15, 0.2) is 0 Å². The second-order valence-electron chi connectivity index (χ2n) is 6.82. The van der Waals surface area contributed by atoms with Gasteiger partial charge >= 0.3 is 0 Å². The fourth-order valence-corrected chi connectivity index (χ4v) is 2.81. The molecule has 0 unspecified atom stereocenters. The third kappa shape index (κ3) is 5.17. The van der Waals surface area contributed by atoms with Crippen LogP contribution in [-0.2, 0) is 6.42 Å². The van der Waals surface area contributed by atoms with E-state index in [-0.39, 0.29) is 13.2 Å². The zero-order valence-electron chi connectivity index (χ0n) is 15.2. The van der Waals surface area contributed by atoms with Crippen LogP contribution in [0.2, 0.25) is 0 Å². The maximum atomic E-state index is 9.28. The van der Waals surface area contributed by atoms with Crippen molar-refractivity contribution in [3.05, 3.63) is 84.4 Å². The summed E-state index contributed by atoms with van der Waals surface area (Å²) < 4.78 is 5.82. The van der Waals surface area contributed by atoms with Crippen LogP contribution in [0.15, 0.2) is 78.9 Å². The van der Waals surface area contributed by atoms with E-state index in [4.69, 9.17) is 10.5 Å². The summed E-state index contributed by atoms with van der Waals surface area (Å²) in [5, 5.41) is 18.6. The van der Waals surface area contributed by atoms with E-state index in [0.29, 0.717) is 12.8 Å². The van der Waals surface area contributed by atoms with Gasteiger partial charge < -0.3 is 20.7 Å². The number of aliphatic hydroxyl groups is 2. The SMILES string of the molecule is NC(CO)(CO)CCc1ccc(-c2ccc(Oc3ccccc3)cc2)cc1. The van der Waals surface area contributed by atoms with Crippen molar-refractivity contribution in [2.45, 2.75) is 18.4 Å². The van der Waals surface area contributed by atoms with E-state index in [2.05, 4.69) is 24.3 Å². The van der Waals surface area contributed by atoms with Gasteiger partial charge in [0.1, 0.15) is 11.5 Å². The fourth-order valence-electron chi connectivity index (χ4n) is 2.81. The van der Waals surface area contributed by atoms with Gasteiger partial charge in [0.05, 0.1) is 18.8 Å². The van der Waals surface area contributed by atoms with Crippen molar-refractivity contribution < 1.29 is 14.9 Å². The van der Waals surface area contributed by atoms with Crippen molar-refractivity contribution in [3.63, 3.8) is 0 Å². The van der Waals surface area contributed by atoms with Gasteiger partial charge in [0, 0.05) is 0 Å². The van der Waals surface area contributed by atoms with E-state index >= 15 is 0 Å². The van der Waals surface area contributed by atoms with E-state index in [1.807, 2.05) is 54.6 Å². The Labute approximate surface area is 159 Å². The number of aliphatic hydroxyl groups excluding tert-OH is 2. The minimum absolute atomic E-state index is 0.223. The number of para-hydroxylation sites is 1. The normalized spacial score (nSPS) is 11.4. The van der Waals surface area contributed by atoms with Crippen molar-refractivity contribution in [2.75, 3.05) is 13.2 Å². The predicted molar refractivity (Wildman–Crippen MR) is 108 cm³/mol. The second-order valence-corrected chi connectivity index (χ2v) is 6.82. The maximum absolute atomic E-state index is 9.28. The van der Waals surface area contributed by atoms with E-state index in [1.54, 1.807) is 0 Å². The molecule has 0 aliphatic rings. The quantitative estimate of drug-likeness (QED) is 0.570. The van der Waals surface area contributed by atoms with Crippen molar-refractivity contribution in [1.29, 1.82) is 0 Å². The molecule has 0 radical (unpaired) electrons. The maximum Gasteiger partial charge on any atom is 0.127 e. The van der Waals surface area contributed by atoms with Crippen LogP contribution in [-0.4, -0.2) is 29.0 Å². The number of hydrogen-bond donors (Lipinski definition) is 3. The molecule has 4 heteroatoms. The number of rotatable bonds is 8. The lowest BCUT2D eigenvalue weighted by Gasteiger charge is -2.24. The van der Waals surface area contributed by atoms with Gasteiger partial charge in [-0.15, -0.1) is 0 Å². The van der Waals surface area contributed by atoms with Crippen LogP contribution in [0.1, 0.15) is 12.0 Å². The molecule has 4 nitrogen and oxygen atoms in total. The lowest BCUT2D eigenvalue weighted by atomic mass is 9.93. The average molecular weight is 363 g/mol. The summed E-state index contributed by atoms with van der Waals surface area (Å²) in [6, 6.07) is 25.9. The molecule has 3 rings (SSSR count). The molecule has 0 heterocycles. The first kappa shape index (κ1) is 19.1. The summed E-state index contributed by atoms with van der Waals surface area (Å²) in [5.74, 6) is 1.62. The predicted octanol–water partition coefficient (Wildman–Crippen LogP) is 3.76. The van der Waals surface area contributed by atoms with Crippen LogP contribution in [0.5, 0.6) is 11.5 Å². The number of benzene rings is 3. The van der Waals surface area contributed by atoms with Crippen LogP contribution in [0, 0.1) is 0 Å². The Morgan fingerprint density at radius 3 is 1.78 bits per heavy atom. The summed E-state index contributed by atoms with van der Waals surface area (Å²) in [6.45, 7) is -0.446. The van der Waals surface area contributed by atoms with E-state index in [1.165, 1.54) is 0 Å². The summed E-state index contributed by atoms with van der Waals surface area (Å²) in [5.41, 5.74) is 8.35. The van der Waals surface area contributed by atoms with Gasteiger partial charge in [0.2, 0.25) is 0 Å². The monoisotopic (exact) mass is 363 g/mol. The van der Waals surface area contributed by atoms with Crippen molar-refractivity contribution >= 4 is 0 Å². The van der Waals surface area contributed by atoms with Crippen LogP contribution in [0.3, 0.4) is 0 Å². The smallest absolute Gasteiger partial charge is 0.127 e. The average Bonchev–Trinajstić information content (AvgIpc) is 2.74. The Kier molecular flexibility index (Phi) is 6.24. The highest BCUT2D eigenvalue weighted by molar-refractivity contribution is 5.64. The van der Waals surface area contributed by atoms with E-state index in [0.717, 1.165) is 28.2 Å². The number of aryl methyl sites for hydroxylation is 1. The molecule has 4 N–H and O–H groups in total. The van der Waals surface area contributed by atoms with E-state index < -0.39 is 5.54 Å². The molecule has 3 aromatic carbocycles. The first-order valence-electron chi connectivity index (χ1n) is 9.05. The van der Waals surface area contributed by atoms with Crippen molar-refractivity contribution in [1.82, 2.24) is 0 Å². The molecule has 3 aromatic rings. The van der Waals surface area contributed by atoms with Gasteiger partial charge in [-0.25, -0.2) is 0 Å². The molecular weight excluding hydrogens is 338 g/mol. The highest BCUT2D eigenvalue weighted by atomic mass is 16.5. The van der Waals surface area contributed by atoms with Gasteiger partial charge in [0.25, 0.3) is 0 Å². The van der Waals surface area contributed by atoms with Gasteiger partial charge in [-0.1, -0.05) is 54.6 Å². The third-order valence-corrected chi connectivity index (χ3v) is 4.66. The molecule has 0 amide bonds. The minimum Gasteiger partial charge on any atom is -0.457 e. The molecule has 0 bridgehead atoms.